The summed E-state index contributed by atoms with van der Waals surface area (Å²) in [7, 11) is 1.67. The van der Waals surface area contributed by atoms with Crippen LogP contribution < -0.4 is 10.1 Å². The maximum atomic E-state index is 10.7. The Labute approximate surface area is 165 Å². The van der Waals surface area contributed by atoms with E-state index in [0.717, 1.165) is 48.5 Å². The number of nitrogens with one attached hydrogen (secondary N) is 1. The lowest BCUT2D eigenvalue weighted by atomic mass is 10.1. The smallest absolute Gasteiger partial charge is 0.118 e. The van der Waals surface area contributed by atoms with Gasteiger partial charge in [-0.1, -0.05) is 18.2 Å². The zero-order valence-electron chi connectivity index (χ0n) is 16.3. The van der Waals surface area contributed by atoms with Crippen LogP contribution >= 0.6 is 0 Å². The van der Waals surface area contributed by atoms with E-state index in [0.29, 0.717) is 13.1 Å². The molecule has 1 aromatic heterocycles. The van der Waals surface area contributed by atoms with Crippen molar-refractivity contribution in [1.29, 1.82) is 0 Å². The van der Waals surface area contributed by atoms with Crippen molar-refractivity contribution in [2.24, 2.45) is 0 Å². The highest BCUT2D eigenvalue weighted by molar-refractivity contribution is 5.87. The third-order valence-electron chi connectivity index (χ3n) is 5.37. The van der Waals surface area contributed by atoms with Crippen LogP contribution in [0.4, 0.5) is 0 Å². The maximum Gasteiger partial charge on any atom is 0.118 e. The minimum Gasteiger partial charge on any atom is -0.497 e. The number of aromatic nitrogens is 1. The number of fused-ring (bicyclic) bond motifs is 1. The summed E-state index contributed by atoms with van der Waals surface area (Å²) in [6.45, 7) is 2.74. The van der Waals surface area contributed by atoms with Crippen LogP contribution in [0.25, 0.3) is 22.2 Å². The fourth-order valence-corrected chi connectivity index (χ4v) is 3.90. The molecule has 5 nitrogen and oxygen atoms in total. The predicted octanol–water partition coefficient (Wildman–Crippen LogP) is 3.45. The van der Waals surface area contributed by atoms with Crippen molar-refractivity contribution >= 4 is 10.9 Å². The second-order valence-corrected chi connectivity index (χ2v) is 7.37. The molecule has 4 rings (SSSR count). The first-order chi connectivity index (χ1) is 13.7. The van der Waals surface area contributed by atoms with Crippen molar-refractivity contribution in [3.63, 3.8) is 0 Å². The number of nitrogens with zero attached hydrogens (tertiary/aromatic N) is 1. The van der Waals surface area contributed by atoms with Crippen LogP contribution in [0.2, 0.25) is 0 Å². The summed E-state index contributed by atoms with van der Waals surface area (Å²) in [6, 6.07) is 18.5. The molecule has 2 atom stereocenters. The number of methoxy groups -OCH3 is 1. The summed E-state index contributed by atoms with van der Waals surface area (Å²) in [6.07, 6.45) is 2.05. The van der Waals surface area contributed by atoms with E-state index in [1.54, 1.807) is 7.11 Å². The van der Waals surface area contributed by atoms with E-state index >= 15 is 0 Å². The number of para-hydroxylation sites is 1. The predicted molar refractivity (Wildman–Crippen MR) is 112 cm³/mol. The molecule has 2 N–H and O–H groups in total. The Hall–Kier alpha value is -2.34. The lowest BCUT2D eigenvalue weighted by molar-refractivity contribution is 0.101. The number of aliphatic hydroxyl groups is 1. The van der Waals surface area contributed by atoms with Gasteiger partial charge in [0.25, 0.3) is 0 Å². The Morgan fingerprint density at radius 3 is 2.79 bits per heavy atom. The van der Waals surface area contributed by atoms with Crippen molar-refractivity contribution in [3.8, 4) is 17.0 Å². The van der Waals surface area contributed by atoms with Gasteiger partial charge in [0, 0.05) is 36.3 Å². The van der Waals surface area contributed by atoms with E-state index in [9.17, 15) is 5.11 Å². The molecule has 0 spiro atoms. The van der Waals surface area contributed by atoms with Gasteiger partial charge in [-0.25, -0.2) is 0 Å². The number of aliphatic hydroxyl groups excluding tert-OH is 1. The van der Waals surface area contributed by atoms with Gasteiger partial charge in [-0.15, -0.1) is 0 Å². The largest absolute Gasteiger partial charge is 0.497 e. The number of hydrogen-bond acceptors (Lipinski definition) is 4. The molecule has 3 aromatic rings. The van der Waals surface area contributed by atoms with Gasteiger partial charge < -0.3 is 24.5 Å². The second-order valence-electron chi connectivity index (χ2n) is 7.37. The molecule has 0 aliphatic carbocycles. The maximum absolute atomic E-state index is 10.7. The SMILES string of the molecule is COc1ccc(-c2cc3ccccc3n2C[C@H](O)CNC[C@@H]2CCCO2)cc1. The first-order valence-corrected chi connectivity index (χ1v) is 9.97. The summed E-state index contributed by atoms with van der Waals surface area (Å²) >= 11 is 0. The van der Waals surface area contributed by atoms with Gasteiger partial charge in [0.1, 0.15) is 5.75 Å². The summed E-state index contributed by atoms with van der Waals surface area (Å²) in [5.74, 6) is 0.838. The van der Waals surface area contributed by atoms with Gasteiger partial charge in [-0.2, -0.15) is 0 Å². The van der Waals surface area contributed by atoms with Crippen LogP contribution in [0, 0.1) is 0 Å². The fourth-order valence-electron chi connectivity index (χ4n) is 3.90. The number of ether oxygens (including phenoxy) is 2. The van der Waals surface area contributed by atoms with Crippen molar-refractivity contribution in [1.82, 2.24) is 9.88 Å². The lowest BCUT2D eigenvalue weighted by Gasteiger charge is -2.18. The van der Waals surface area contributed by atoms with Crippen LogP contribution in [0.3, 0.4) is 0 Å². The molecular weight excluding hydrogens is 352 g/mol. The van der Waals surface area contributed by atoms with Gasteiger partial charge in [0.2, 0.25) is 0 Å². The Bertz CT molecular complexity index is 898. The fraction of sp³-hybridized carbons (Fsp3) is 0.391. The van der Waals surface area contributed by atoms with E-state index < -0.39 is 6.10 Å². The molecule has 2 heterocycles. The standard InChI is InChI=1S/C23H28N2O3/c1-27-20-10-8-17(9-11-20)23-13-18-5-2-3-7-22(18)25(23)16-19(26)14-24-15-21-6-4-12-28-21/h2-3,5,7-11,13,19,21,24,26H,4,6,12,14-16H2,1H3/t19-,21+/m1/s1. The van der Waals surface area contributed by atoms with Gasteiger partial charge in [-0.05, 0) is 54.8 Å². The summed E-state index contributed by atoms with van der Waals surface area (Å²) in [5.41, 5.74) is 3.34. The van der Waals surface area contributed by atoms with Crippen LogP contribution in [0.1, 0.15) is 12.8 Å². The molecule has 0 saturated carbocycles. The van der Waals surface area contributed by atoms with E-state index in [1.807, 2.05) is 24.3 Å². The second kappa shape index (κ2) is 8.78. The van der Waals surface area contributed by atoms with Gasteiger partial charge >= 0.3 is 0 Å². The molecule has 148 valence electrons. The molecule has 28 heavy (non-hydrogen) atoms. The average Bonchev–Trinajstić information content (AvgIpc) is 3.36. The number of hydrogen-bond donors (Lipinski definition) is 2. The molecule has 1 aliphatic rings. The summed E-state index contributed by atoms with van der Waals surface area (Å²) < 4.78 is 13.1. The van der Waals surface area contributed by atoms with E-state index in [1.165, 1.54) is 5.39 Å². The minimum absolute atomic E-state index is 0.287. The lowest BCUT2D eigenvalue weighted by Crippen LogP contribution is -2.35. The van der Waals surface area contributed by atoms with Crippen molar-refractivity contribution in [2.45, 2.75) is 31.6 Å². The normalized spacial score (nSPS) is 17.9. The molecule has 5 heteroatoms. The van der Waals surface area contributed by atoms with E-state index in [-0.39, 0.29) is 6.10 Å². The highest BCUT2D eigenvalue weighted by atomic mass is 16.5. The molecule has 0 radical (unpaired) electrons. The van der Waals surface area contributed by atoms with E-state index in [4.69, 9.17) is 9.47 Å². The minimum atomic E-state index is -0.478. The van der Waals surface area contributed by atoms with Crippen molar-refractivity contribution in [2.75, 3.05) is 26.8 Å². The average molecular weight is 380 g/mol. The summed E-state index contributed by atoms with van der Waals surface area (Å²) in [5, 5.41) is 15.2. The first-order valence-electron chi connectivity index (χ1n) is 9.97. The zero-order chi connectivity index (χ0) is 19.3. The molecule has 0 amide bonds. The molecular formula is C23H28N2O3. The highest BCUT2D eigenvalue weighted by Crippen LogP contribution is 2.29. The van der Waals surface area contributed by atoms with Gasteiger partial charge in [0.05, 0.1) is 25.9 Å². The highest BCUT2D eigenvalue weighted by Gasteiger charge is 2.17. The topological polar surface area (TPSA) is 55.7 Å². The molecule has 1 saturated heterocycles. The zero-order valence-corrected chi connectivity index (χ0v) is 16.3. The molecule has 1 fully saturated rings. The van der Waals surface area contributed by atoms with E-state index in [2.05, 4.69) is 40.2 Å². The Morgan fingerprint density at radius 1 is 1.21 bits per heavy atom. The Kier molecular flexibility index (Phi) is 5.95. The Balaban J connectivity index is 1.52. The van der Waals surface area contributed by atoms with Crippen LogP contribution in [-0.2, 0) is 11.3 Å². The van der Waals surface area contributed by atoms with Crippen LogP contribution in [-0.4, -0.2) is 48.7 Å². The molecule has 1 aliphatic heterocycles. The van der Waals surface area contributed by atoms with Crippen LogP contribution in [0.5, 0.6) is 5.75 Å². The number of benzene rings is 2. The molecule has 0 unspecified atom stereocenters. The summed E-state index contributed by atoms with van der Waals surface area (Å²) in [4.78, 5) is 0. The van der Waals surface area contributed by atoms with Crippen molar-refractivity contribution in [3.05, 3.63) is 54.6 Å². The number of rotatable bonds is 8. The molecule has 0 bridgehead atoms. The third-order valence-corrected chi connectivity index (χ3v) is 5.37. The van der Waals surface area contributed by atoms with Gasteiger partial charge in [0.15, 0.2) is 0 Å². The molecule has 2 aromatic carbocycles. The Morgan fingerprint density at radius 2 is 2.04 bits per heavy atom. The van der Waals surface area contributed by atoms with Crippen LogP contribution in [0.15, 0.2) is 54.6 Å². The first kappa shape index (κ1) is 19.0. The third kappa shape index (κ3) is 4.22. The van der Waals surface area contributed by atoms with Gasteiger partial charge in [-0.3, -0.25) is 0 Å². The quantitative estimate of drug-likeness (QED) is 0.629. The monoisotopic (exact) mass is 380 g/mol. The van der Waals surface area contributed by atoms with Crippen molar-refractivity contribution < 1.29 is 14.6 Å².